The second-order valence-corrected chi connectivity index (χ2v) is 5.47. The largest absolute Gasteiger partial charge is 0.514 e. The minimum absolute atomic E-state index is 0.156. The number of cyclic esters (lactones) is 4. The summed E-state index contributed by atoms with van der Waals surface area (Å²) in [5, 5.41) is 0. The van der Waals surface area contributed by atoms with Crippen LogP contribution in [-0.2, 0) is 41.6 Å². The van der Waals surface area contributed by atoms with E-state index in [1.54, 1.807) is 12.2 Å². The van der Waals surface area contributed by atoms with Gasteiger partial charge in [-0.15, -0.1) is 0 Å². The summed E-state index contributed by atoms with van der Waals surface area (Å²) in [6.45, 7) is 1.86. The van der Waals surface area contributed by atoms with E-state index < -0.39 is 12.3 Å². The number of carbonyl (C=O) groups excluding carboxylic acids is 2. The maximum atomic E-state index is 10.7. The fourth-order valence-corrected chi connectivity index (χ4v) is 2.18. The first kappa shape index (κ1) is 18.0. The zero-order chi connectivity index (χ0) is 18.2. The fraction of sp³-hybridized carbons (Fsp3) is 0.333. The van der Waals surface area contributed by atoms with E-state index in [0.29, 0.717) is 37.9 Å². The van der Waals surface area contributed by atoms with E-state index in [2.05, 4.69) is 9.47 Å². The Bertz CT molecular complexity index is 643. The summed E-state index contributed by atoms with van der Waals surface area (Å²) in [7, 11) is 0. The maximum Gasteiger partial charge on any atom is 0.514 e. The van der Waals surface area contributed by atoms with Gasteiger partial charge >= 0.3 is 12.3 Å². The zero-order valence-electron chi connectivity index (χ0n) is 14.0. The molecule has 2 aliphatic heterocycles. The van der Waals surface area contributed by atoms with Gasteiger partial charge in [0.15, 0.2) is 13.2 Å². The van der Waals surface area contributed by atoms with E-state index >= 15 is 0 Å². The van der Waals surface area contributed by atoms with Crippen LogP contribution in [0.3, 0.4) is 0 Å². The third kappa shape index (κ3) is 5.61. The van der Waals surface area contributed by atoms with Crippen LogP contribution in [0.5, 0.6) is 0 Å². The summed E-state index contributed by atoms with van der Waals surface area (Å²) in [5.41, 5.74) is 2.04. The van der Waals surface area contributed by atoms with Gasteiger partial charge in [-0.3, -0.25) is 0 Å². The third-order valence-corrected chi connectivity index (χ3v) is 3.51. The number of ether oxygens (including phenoxy) is 6. The lowest BCUT2D eigenvalue weighted by Crippen LogP contribution is -1.97. The van der Waals surface area contributed by atoms with Gasteiger partial charge in [-0.1, -0.05) is 24.3 Å². The van der Waals surface area contributed by atoms with Gasteiger partial charge < -0.3 is 28.4 Å². The summed E-state index contributed by atoms with van der Waals surface area (Å²) in [6, 6.07) is 7.82. The van der Waals surface area contributed by atoms with Crippen molar-refractivity contribution in [3.8, 4) is 0 Å². The molecule has 1 aromatic carbocycles. The number of hydrogen-bond acceptors (Lipinski definition) is 8. The van der Waals surface area contributed by atoms with E-state index in [1.807, 2.05) is 24.3 Å². The van der Waals surface area contributed by atoms with Crippen LogP contribution in [0, 0.1) is 0 Å². The van der Waals surface area contributed by atoms with Crippen molar-refractivity contribution in [3.63, 3.8) is 0 Å². The van der Waals surface area contributed by atoms with E-state index in [0.717, 1.165) is 11.1 Å². The Morgan fingerprint density at radius 3 is 1.54 bits per heavy atom. The second-order valence-electron chi connectivity index (χ2n) is 5.47. The van der Waals surface area contributed by atoms with Crippen LogP contribution in [0.2, 0.25) is 0 Å². The fourth-order valence-electron chi connectivity index (χ4n) is 2.18. The molecule has 2 heterocycles. The lowest BCUT2D eigenvalue weighted by atomic mass is 10.1. The molecule has 2 saturated heterocycles. The van der Waals surface area contributed by atoms with Crippen molar-refractivity contribution in [1.82, 2.24) is 0 Å². The molecule has 26 heavy (non-hydrogen) atoms. The van der Waals surface area contributed by atoms with Gasteiger partial charge in [0.2, 0.25) is 0 Å². The summed E-state index contributed by atoms with van der Waals surface area (Å²) in [4.78, 5) is 21.5. The summed E-state index contributed by atoms with van der Waals surface area (Å²) in [5.74, 6) is 0.938. The first-order valence-corrected chi connectivity index (χ1v) is 7.99. The van der Waals surface area contributed by atoms with Gasteiger partial charge in [-0.05, 0) is 23.3 Å². The average molecular weight is 362 g/mol. The molecule has 0 spiro atoms. The first-order valence-electron chi connectivity index (χ1n) is 7.99. The molecule has 0 amide bonds. The molecule has 0 radical (unpaired) electrons. The molecule has 0 unspecified atom stereocenters. The monoisotopic (exact) mass is 362 g/mol. The highest BCUT2D eigenvalue weighted by molar-refractivity contribution is 5.64. The Labute approximate surface area is 149 Å². The minimum atomic E-state index is -0.678. The molecule has 0 bridgehead atoms. The van der Waals surface area contributed by atoms with Crippen LogP contribution in [0.25, 0.3) is 0 Å². The molecular formula is C18H18O8. The summed E-state index contributed by atoms with van der Waals surface area (Å²) in [6.07, 6.45) is 1.99. The van der Waals surface area contributed by atoms with Crippen molar-refractivity contribution < 1.29 is 38.0 Å². The van der Waals surface area contributed by atoms with Gasteiger partial charge in [0.05, 0.1) is 26.4 Å². The van der Waals surface area contributed by atoms with Crippen molar-refractivity contribution in [2.75, 3.05) is 26.4 Å². The lowest BCUT2D eigenvalue weighted by molar-refractivity contribution is 0.133. The van der Waals surface area contributed by atoms with Crippen molar-refractivity contribution in [1.29, 1.82) is 0 Å². The van der Waals surface area contributed by atoms with Gasteiger partial charge in [-0.2, -0.15) is 0 Å². The van der Waals surface area contributed by atoms with Crippen LogP contribution in [0.4, 0.5) is 9.59 Å². The summed E-state index contributed by atoms with van der Waals surface area (Å²) < 4.78 is 29.9. The minimum Gasteiger partial charge on any atom is -0.426 e. The predicted molar refractivity (Wildman–Crippen MR) is 86.8 cm³/mol. The Balaban J connectivity index is 1.33. The number of benzene rings is 1. The molecule has 1 aromatic rings. The van der Waals surface area contributed by atoms with Crippen molar-refractivity contribution >= 4 is 12.3 Å². The van der Waals surface area contributed by atoms with Crippen molar-refractivity contribution in [3.05, 3.63) is 59.1 Å². The highest BCUT2D eigenvalue weighted by Gasteiger charge is 2.18. The molecule has 0 atom stereocenters. The molecule has 138 valence electrons. The van der Waals surface area contributed by atoms with E-state index in [9.17, 15) is 9.59 Å². The number of hydrogen-bond donors (Lipinski definition) is 0. The smallest absolute Gasteiger partial charge is 0.426 e. The van der Waals surface area contributed by atoms with Crippen LogP contribution < -0.4 is 0 Å². The summed E-state index contributed by atoms with van der Waals surface area (Å²) >= 11 is 0. The maximum absolute atomic E-state index is 10.7. The molecule has 2 aliphatic rings. The molecule has 8 nitrogen and oxygen atoms in total. The standard InChI is InChI=1S/C18H18O8/c19-17-23-11-15(25-17)5-7-21-9-13-1-2-14(4-3-13)10-22-8-6-16-12-24-18(20)26-16/h1-6H,7-12H2. The highest BCUT2D eigenvalue weighted by atomic mass is 16.8. The second kappa shape index (κ2) is 9.02. The van der Waals surface area contributed by atoms with Crippen LogP contribution in [-0.4, -0.2) is 38.7 Å². The molecule has 0 N–H and O–H groups in total. The first-order chi connectivity index (χ1) is 12.7. The van der Waals surface area contributed by atoms with E-state index in [1.165, 1.54) is 0 Å². The number of carbonyl (C=O) groups is 2. The van der Waals surface area contributed by atoms with Gasteiger partial charge in [-0.25, -0.2) is 9.59 Å². The van der Waals surface area contributed by atoms with Crippen LogP contribution in [0.15, 0.2) is 47.9 Å². The van der Waals surface area contributed by atoms with E-state index in [4.69, 9.17) is 18.9 Å². The van der Waals surface area contributed by atoms with Crippen LogP contribution >= 0.6 is 0 Å². The van der Waals surface area contributed by atoms with Crippen LogP contribution in [0.1, 0.15) is 11.1 Å². The Morgan fingerprint density at radius 1 is 0.769 bits per heavy atom. The van der Waals surface area contributed by atoms with Gasteiger partial charge in [0.1, 0.15) is 11.5 Å². The molecule has 8 heteroatoms. The topological polar surface area (TPSA) is 89.5 Å². The highest BCUT2D eigenvalue weighted by Crippen LogP contribution is 2.12. The molecule has 0 saturated carbocycles. The Kier molecular flexibility index (Phi) is 6.24. The molecule has 3 rings (SSSR count). The number of rotatable bonds is 8. The third-order valence-electron chi connectivity index (χ3n) is 3.51. The SMILES string of the molecule is O=C1OCC(=CCOCc2ccc(COCC=C3COC(=O)O3)cc2)O1. The normalized spacial score (nSPS) is 19.4. The quantitative estimate of drug-likeness (QED) is 0.515. The average Bonchev–Trinajstić information content (AvgIpc) is 3.25. The molecule has 2 fully saturated rings. The molecular weight excluding hydrogens is 344 g/mol. The predicted octanol–water partition coefficient (Wildman–Crippen LogP) is 2.82. The Morgan fingerprint density at radius 2 is 1.19 bits per heavy atom. The van der Waals surface area contributed by atoms with Crippen molar-refractivity contribution in [2.24, 2.45) is 0 Å². The van der Waals surface area contributed by atoms with Crippen molar-refractivity contribution in [2.45, 2.75) is 13.2 Å². The van der Waals surface area contributed by atoms with Gasteiger partial charge in [0.25, 0.3) is 0 Å². The lowest BCUT2D eigenvalue weighted by Gasteiger charge is -2.05. The zero-order valence-corrected chi connectivity index (χ0v) is 14.0. The molecule has 0 aliphatic carbocycles. The van der Waals surface area contributed by atoms with Gasteiger partial charge in [0, 0.05) is 0 Å². The van der Waals surface area contributed by atoms with E-state index in [-0.39, 0.29) is 13.2 Å². The molecule has 0 aromatic heterocycles. The Hall–Kier alpha value is -2.84.